The minimum absolute atomic E-state index is 0. The second-order valence-corrected chi connectivity index (χ2v) is 5.99. The molecule has 1 saturated heterocycles. The van der Waals surface area contributed by atoms with E-state index in [1.165, 1.54) is 12.1 Å². The van der Waals surface area contributed by atoms with Crippen molar-refractivity contribution in [2.75, 3.05) is 13.1 Å². The Morgan fingerprint density at radius 1 is 1.32 bits per heavy atom. The lowest BCUT2D eigenvalue weighted by atomic mass is 10.1. The average Bonchev–Trinajstić information content (AvgIpc) is 3.07. The third-order valence-electron chi connectivity index (χ3n) is 3.97. The van der Waals surface area contributed by atoms with Gasteiger partial charge < -0.3 is 21.3 Å². The summed E-state index contributed by atoms with van der Waals surface area (Å²) in [7, 11) is 0. The highest BCUT2D eigenvalue weighted by atomic mass is 35.5. The van der Waals surface area contributed by atoms with Crippen LogP contribution in [0, 0.1) is 5.82 Å². The van der Waals surface area contributed by atoms with Crippen LogP contribution in [0.1, 0.15) is 31.7 Å². The number of hydrogen-bond acceptors (Lipinski definition) is 3. The molecule has 0 aromatic heterocycles. The molecule has 0 saturated carbocycles. The van der Waals surface area contributed by atoms with Gasteiger partial charge in [0.2, 0.25) is 5.91 Å². The fourth-order valence-corrected chi connectivity index (χ4v) is 2.63. The minimum Gasteiger partial charge on any atom is -0.350 e. The number of benzene rings is 1. The molecule has 1 aliphatic heterocycles. The first-order chi connectivity index (χ1) is 11.6. The fourth-order valence-electron chi connectivity index (χ4n) is 2.63. The van der Waals surface area contributed by atoms with Gasteiger partial charge in [-0.25, -0.2) is 9.18 Å². The van der Waals surface area contributed by atoms with Gasteiger partial charge in [-0.1, -0.05) is 25.5 Å². The second-order valence-electron chi connectivity index (χ2n) is 5.99. The van der Waals surface area contributed by atoms with Crippen LogP contribution < -0.4 is 21.3 Å². The molecule has 2 unspecified atom stereocenters. The third kappa shape index (κ3) is 7.27. The van der Waals surface area contributed by atoms with Gasteiger partial charge in [0.25, 0.3) is 0 Å². The highest BCUT2D eigenvalue weighted by Crippen LogP contribution is 2.03. The van der Waals surface area contributed by atoms with Gasteiger partial charge in [-0.05, 0) is 37.1 Å². The Kier molecular flexibility index (Phi) is 9.23. The number of amides is 3. The van der Waals surface area contributed by atoms with E-state index in [1.807, 2.05) is 6.92 Å². The summed E-state index contributed by atoms with van der Waals surface area (Å²) in [5, 5.41) is 11.6. The molecule has 1 aromatic carbocycles. The summed E-state index contributed by atoms with van der Waals surface area (Å²) in [6, 6.07) is 5.08. The first kappa shape index (κ1) is 21.2. The zero-order valence-electron chi connectivity index (χ0n) is 14.3. The lowest BCUT2D eigenvalue weighted by molar-refractivity contribution is -0.123. The molecular weight excluding hydrogens is 347 g/mol. The van der Waals surface area contributed by atoms with E-state index < -0.39 is 12.1 Å². The molecule has 1 aromatic rings. The normalized spacial score (nSPS) is 17.3. The molecule has 140 valence electrons. The van der Waals surface area contributed by atoms with Gasteiger partial charge in [-0.3, -0.25) is 4.79 Å². The van der Waals surface area contributed by atoms with Crippen LogP contribution in [0.25, 0.3) is 0 Å². The lowest BCUT2D eigenvalue weighted by Crippen LogP contribution is -2.52. The van der Waals surface area contributed by atoms with E-state index in [-0.39, 0.29) is 36.7 Å². The summed E-state index contributed by atoms with van der Waals surface area (Å²) in [4.78, 5) is 24.3. The van der Waals surface area contributed by atoms with Crippen LogP contribution in [0.2, 0.25) is 0 Å². The summed E-state index contributed by atoms with van der Waals surface area (Å²) >= 11 is 0. The van der Waals surface area contributed by atoms with Crippen molar-refractivity contribution in [1.82, 2.24) is 21.3 Å². The van der Waals surface area contributed by atoms with Crippen LogP contribution in [0.4, 0.5) is 9.18 Å². The Hall–Kier alpha value is -1.86. The van der Waals surface area contributed by atoms with Crippen molar-refractivity contribution in [3.05, 3.63) is 35.6 Å². The lowest BCUT2D eigenvalue weighted by Gasteiger charge is -2.20. The summed E-state index contributed by atoms with van der Waals surface area (Å²) in [6.45, 7) is 3.91. The van der Waals surface area contributed by atoms with Gasteiger partial charge in [-0.2, -0.15) is 0 Å². The maximum Gasteiger partial charge on any atom is 0.315 e. The highest BCUT2D eigenvalue weighted by molar-refractivity contribution is 5.87. The Labute approximate surface area is 153 Å². The van der Waals surface area contributed by atoms with Crippen LogP contribution in [0.15, 0.2) is 24.3 Å². The van der Waals surface area contributed by atoms with Crippen LogP contribution in [0.3, 0.4) is 0 Å². The second kappa shape index (κ2) is 10.9. The van der Waals surface area contributed by atoms with E-state index in [4.69, 9.17) is 0 Å². The molecule has 0 radical (unpaired) electrons. The van der Waals surface area contributed by atoms with Crippen molar-refractivity contribution in [3.63, 3.8) is 0 Å². The molecule has 1 heterocycles. The number of urea groups is 1. The highest BCUT2D eigenvalue weighted by Gasteiger charge is 2.24. The van der Waals surface area contributed by atoms with Crippen LogP contribution in [-0.2, 0) is 11.3 Å². The number of nitrogens with one attached hydrogen (secondary N) is 4. The number of carbonyl (C=O) groups excluding carboxylic acids is 2. The van der Waals surface area contributed by atoms with Crippen LogP contribution in [-0.4, -0.2) is 37.1 Å². The quantitative estimate of drug-likeness (QED) is 0.588. The Morgan fingerprint density at radius 2 is 2.04 bits per heavy atom. The molecule has 0 spiro atoms. The molecule has 25 heavy (non-hydrogen) atoms. The van der Waals surface area contributed by atoms with Crippen molar-refractivity contribution < 1.29 is 14.0 Å². The van der Waals surface area contributed by atoms with Gasteiger partial charge in [0.1, 0.15) is 11.9 Å². The van der Waals surface area contributed by atoms with Gasteiger partial charge in [0.05, 0.1) is 0 Å². The van der Waals surface area contributed by atoms with Crippen LogP contribution in [0.5, 0.6) is 0 Å². The van der Waals surface area contributed by atoms with E-state index >= 15 is 0 Å². The van der Waals surface area contributed by atoms with E-state index in [2.05, 4.69) is 21.3 Å². The maximum absolute atomic E-state index is 12.8. The largest absolute Gasteiger partial charge is 0.350 e. The summed E-state index contributed by atoms with van der Waals surface area (Å²) < 4.78 is 12.8. The van der Waals surface area contributed by atoms with Gasteiger partial charge in [0, 0.05) is 19.1 Å². The molecule has 6 nitrogen and oxygen atoms in total. The number of hydrogen-bond donors (Lipinski definition) is 4. The summed E-state index contributed by atoms with van der Waals surface area (Å²) in [5.74, 6) is -0.466. The maximum atomic E-state index is 12.8. The smallest absolute Gasteiger partial charge is 0.315 e. The molecule has 4 N–H and O–H groups in total. The zero-order valence-corrected chi connectivity index (χ0v) is 15.1. The first-order valence-corrected chi connectivity index (χ1v) is 8.38. The molecule has 1 aliphatic rings. The van der Waals surface area contributed by atoms with E-state index in [0.717, 1.165) is 31.5 Å². The minimum atomic E-state index is -0.552. The monoisotopic (exact) mass is 372 g/mol. The van der Waals surface area contributed by atoms with E-state index in [0.29, 0.717) is 6.42 Å². The Balaban J connectivity index is 0.00000312. The van der Waals surface area contributed by atoms with Crippen molar-refractivity contribution in [2.24, 2.45) is 0 Å². The Morgan fingerprint density at radius 3 is 2.64 bits per heavy atom. The SMILES string of the molecule is CCCC(NC(=O)NCc1ccc(F)cc1)C(=O)NC1CCNC1.Cl. The molecule has 1 fully saturated rings. The van der Waals surface area contributed by atoms with Crippen LogP contribution >= 0.6 is 12.4 Å². The molecule has 2 rings (SSSR count). The summed E-state index contributed by atoms with van der Waals surface area (Å²) in [5.41, 5.74) is 0.792. The molecule has 0 aliphatic carbocycles. The zero-order chi connectivity index (χ0) is 17.4. The van der Waals surface area contributed by atoms with E-state index in [1.54, 1.807) is 12.1 Å². The average molecular weight is 373 g/mol. The molecule has 8 heteroatoms. The van der Waals surface area contributed by atoms with Crippen molar-refractivity contribution in [1.29, 1.82) is 0 Å². The summed E-state index contributed by atoms with van der Waals surface area (Å²) in [6.07, 6.45) is 2.27. The molecular formula is C17H26ClFN4O2. The fraction of sp³-hybridized carbons (Fsp3) is 0.529. The number of rotatable bonds is 7. The Bertz CT molecular complexity index is 550. The standard InChI is InChI=1S/C17H25FN4O2.ClH/c1-2-3-15(16(23)21-14-8-9-19-11-14)22-17(24)20-10-12-4-6-13(18)7-5-12;/h4-7,14-15,19H,2-3,8-11H2,1H3,(H,21,23)(H2,20,22,24);1H. The first-order valence-electron chi connectivity index (χ1n) is 8.38. The predicted molar refractivity (Wildman–Crippen MR) is 97.1 cm³/mol. The van der Waals surface area contributed by atoms with Gasteiger partial charge in [0.15, 0.2) is 0 Å². The molecule has 2 atom stereocenters. The van der Waals surface area contributed by atoms with E-state index in [9.17, 15) is 14.0 Å². The van der Waals surface area contributed by atoms with Gasteiger partial charge >= 0.3 is 6.03 Å². The van der Waals surface area contributed by atoms with Crippen molar-refractivity contribution >= 4 is 24.3 Å². The van der Waals surface area contributed by atoms with Gasteiger partial charge in [-0.15, -0.1) is 12.4 Å². The molecule has 0 bridgehead atoms. The third-order valence-corrected chi connectivity index (χ3v) is 3.97. The van der Waals surface area contributed by atoms with Crippen molar-refractivity contribution in [3.8, 4) is 0 Å². The molecule has 3 amide bonds. The number of carbonyl (C=O) groups is 2. The number of halogens is 2. The predicted octanol–water partition coefficient (Wildman–Crippen LogP) is 1.69. The topological polar surface area (TPSA) is 82.3 Å². The van der Waals surface area contributed by atoms with Crippen molar-refractivity contribution in [2.45, 2.75) is 44.8 Å².